The van der Waals surface area contributed by atoms with Crippen molar-refractivity contribution in [2.45, 2.75) is 33.1 Å². The van der Waals surface area contributed by atoms with Gasteiger partial charge in [0, 0.05) is 18.7 Å². The van der Waals surface area contributed by atoms with Gasteiger partial charge in [-0.1, -0.05) is 50.6 Å². The fourth-order valence-electron chi connectivity index (χ4n) is 3.46. The Kier molecular flexibility index (Phi) is 4.18. The number of nitrogens with one attached hydrogen (secondary N) is 1. The third kappa shape index (κ3) is 2.96. The second kappa shape index (κ2) is 6.52. The number of anilines is 1. The molecule has 3 heterocycles. The van der Waals surface area contributed by atoms with E-state index in [0.29, 0.717) is 27.8 Å². The maximum absolute atomic E-state index is 12.7. The maximum Gasteiger partial charge on any atom is 0.213 e. The molecule has 0 amide bonds. The summed E-state index contributed by atoms with van der Waals surface area (Å²) in [4.78, 5) is 24.1. The molecule has 0 saturated carbocycles. The quantitative estimate of drug-likeness (QED) is 0.729. The molecule has 1 fully saturated rings. The van der Waals surface area contributed by atoms with Crippen LogP contribution >= 0.6 is 0 Å². The Hall–Kier alpha value is -2.76. The number of hydrogen-bond donors (Lipinski definition) is 1. The van der Waals surface area contributed by atoms with Gasteiger partial charge < -0.3 is 4.90 Å². The van der Waals surface area contributed by atoms with Gasteiger partial charge in [0.15, 0.2) is 0 Å². The van der Waals surface area contributed by atoms with Crippen LogP contribution in [-0.4, -0.2) is 39.0 Å². The molecule has 6 heteroatoms. The lowest BCUT2D eigenvalue weighted by Crippen LogP contribution is -2.38. The van der Waals surface area contributed by atoms with Crippen molar-refractivity contribution in [2.24, 2.45) is 5.41 Å². The second-order valence-corrected chi connectivity index (χ2v) is 7.35. The molecule has 0 unspecified atom stereocenters. The number of ketones is 1. The summed E-state index contributed by atoms with van der Waals surface area (Å²) in [5.41, 5.74) is 2.44. The van der Waals surface area contributed by atoms with E-state index in [2.05, 4.69) is 38.9 Å². The molecule has 0 radical (unpaired) electrons. The van der Waals surface area contributed by atoms with Gasteiger partial charge in [-0.3, -0.25) is 9.89 Å². The zero-order chi connectivity index (χ0) is 18.1. The first-order chi connectivity index (χ1) is 12.6. The van der Waals surface area contributed by atoms with E-state index in [1.54, 1.807) is 18.3 Å². The van der Waals surface area contributed by atoms with E-state index in [1.807, 2.05) is 18.2 Å². The monoisotopic (exact) mass is 349 g/mol. The summed E-state index contributed by atoms with van der Waals surface area (Å²) in [6.45, 7) is 6.57. The Morgan fingerprint density at radius 2 is 1.96 bits per heavy atom. The Morgan fingerprint density at radius 3 is 2.65 bits per heavy atom. The zero-order valence-electron chi connectivity index (χ0n) is 15.2. The SMILES string of the molecule is CCC1(C)CCN(c2cnc3c(C(=O)c4ccccc4)[nH]nc3n2)CC1. The van der Waals surface area contributed by atoms with E-state index < -0.39 is 0 Å². The van der Waals surface area contributed by atoms with Gasteiger partial charge >= 0.3 is 0 Å². The highest BCUT2D eigenvalue weighted by molar-refractivity contribution is 6.13. The highest BCUT2D eigenvalue weighted by atomic mass is 16.1. The highest BCUT2D eigenvalue weighted by Crippen LogP contribution is 2.35. The summed E-state index contributed by atoms with van der Waals surface area (Å²) < 4.78 is 0. The molecule has 2 aromatic heterocycles. The Balaban J connectivity index is 1.59. The zero-order valence-corrected chi connectivity index (χ0v) is 15.2. The molecule has 3 aromatic rings. The number of piperidine rings is 1. The van der Waals surface area contributed by atoms with Crippen LogP contribution in [0.15, 0.2) is 36.5 Å². The van der Waals surface area contributed by atoms with Crippen LogP contribution in [0, 0.1) is 5.41 Å². The molecule has 0 spiro atoms. The van der Waals surface area contributed by atoms with E-state index >= 15 is 0 Å². The molecule has 0 aliphatic carbocycles. The van der Waals surface area contributed by atoms with E-state index in [0.717, 1.165) is 31.7 Å². The molecule has 4 rings (SSSR count). The van der Waals surface area contributed by atoms with Crippen molar-refractivity contribution in [1.82, 2.24) is 20.2 Å². The van der Waals surface area contributed by atoms with Crippen LogP contribution in [0.3, 0.4) is 0 Å². The molecule has 1 N–H and O–H groups in total. The molecule has 0 bridgehead atoms. The number of aromatic nitrogens is 4. The van der Waals surface area contributed by atoms with Crippen molar-refractivity contribution < 1.29 is 4.79 Å². The molecule has 134 valence electrons. The first-order valence-corrected chi connectivity index (χ1v) is 9.15. The predicted octanol–water partition coefficient (Wildman–Crippen LogP) is 3.60. The van der Waals surface area contributed by atoms with E-state index in [4.69, 9.17) is 0 Å². The van der Waals surface area contributed by atoms with Crippen LogP contribution in [0.5, 0.6) is 0 Å². The van der Waals surface area contributed by atoms with E-state index in [1.165, 1.54) is 6.42 Å². The van der Waals surface area contributed by atoms with Crippen LogP contribution < -0.4 is 4.90 Å². The lowest BCUT2D eigenvalue weighted by molar-refractivity contribution is 0.103. The minimum atomic E-state index is -0.119. The number of H-pyrrole nitrogens is 1. The average Bonchev–Trinajstić information content (AvgIpc) is 3.12. The topological polar surface area (TPSA) is 74.8 Å². The van der Waals surface area contributed by atoms with Gasteiger partial charge in [0.2, 0.25) is 11.4 Å². The fraction of sp³-hybridized carbons (Fsp3) is 0.400. The smallest absolute Gasteiger partial charge is 0.213 e. The van der Waals surface area contributed by atoms with Gasteiger partial charge in [-0.2, -0.15) is 5.10 Å². The largest absolute Gasteiger partial charge is 0.355 e. The molecule has 6 nitrogen and oxygen atoms in total. The van der Waals surface area contributed by atoms with Gasteiger partial charge in [-0.15, -0.1) is 0 Å². The van der Waals surface area contributed by atoms with Crippen LogP contribution in [0.2, 0.25) is 0 Å². The van der Waals surface area contributed by atoms with Gasteiger partial charge in [0.1, 0.15) is 17.0 Å². The highest BCUT2D eigenvalue weighted by Gasteiger charge is 2.29. The first-order valence-electron chi connectivity index (χ1n) is 9.15. The van der Waals surface area contributed by atoms with Gasteiger partial charge in [0.25, 0.3) is 0 Å². The maximum atomic E-state index is 12.7. The molecular weight excluding hydrogens is 326 g/mol. The van der Waals surface area contributed by atoms with Crippen molar-refractivity contribution in [3.8, 4) is 0 Å². The number of rotatable bonds is 4. The molecule has 26 heavy (non-hydrogen) atoms. The van der Waals surface area contributed by atoms with Crippen molar-refractivity contribution in [3.63, 3.8) is 0 Å². The van der Waals surface area contributed by atoms with Gasteiger partial charge in [-0.05, 0) is 18.3 Å². The summed E-state index contributed by atoms with van der Waals surface area (Å²) >= 11 is 0. The Morgan fingerprint density at radius 1 is 1.23 bits per heavy atom. The third-order valence-corrected chi connectivity index (χ3v) is 5.66. The number of carbonyl (C=O) groups is 1. The second-order valence-electron chi connectivity index (χ2n) is 7.35. The van der Waals surface area contributed by atoms with Crippen molar-refractivity contribution in [2.75, 3.05) is 18.0 Å². The van der Waals surface area contributed by atoms with Crippen LogP contribution in [-0.2, 0) is 0 Å². The van der Waals surface area contributed by atoms with Crippen molar-refractivity contribution >= 4 is 22.8 Å². The lowest BCUT2D eigenvalue weighted by Gasteiger charge is -2.39. The molecule has 0 atom stereocenters. The molecule has 1 saturated heterocycles. The van der Waals surface area contributed by atoms with Gasteiger partial charge in [0.05, 0.1) is 6.20 Å². The van der Waals surface area contributed by atoms with Crippen molar-refractivity contribution in [3.05, 3.63) is 47.8 Å². The minimum absolute atomic E-state index is 0.119. The molecular formula is C20H23N5O. The standard InChI is InChI=1S/C20H23N5O/c1-3-20(2)9-11-25(12-10-20)15-13-21-17-16(23-24-19(17)22-15)18(26)14-7-5-4-6-8-14/h4-8,13H,3,9-12H2,1-2H3,(H,22,23,24). The summed E-state index contributed by atoms with van der Waals surface area (Å²) in [7, 11) is 0. The molecule has 1 aliphatic heterocycles. The van der Waals surface area contributed by atoms with E-state index in [-0.39, 0.29) is 5.78 Å². The summed E-state index contributed by atoms with van der Waals surface area (Å²) in [6, 6.07) is 9.15. The van der Waals surface area contributed by atoms with Crippen LogP contribution in [0.1, 0.15) is 49.2 Å². The fourth-order valence-corrected chi connectivity index (χ4v) is 3.46. The number of carbonyl (C=O) groups excluding carboxylic acids is 1. The Labute approximate surface area is 152 Å². The van der Waals surface area contributed by atoms with Crippen LogP contribution in [0.4, 0.5) is 5.82 Å². The summed E-state index contributed by atoms with van der Waals surface area (Å²) in [5.74, 6) is 0.715. The van der Waals surface area contributed by atoms with Crippen LogP contribution in [0.25, 0.3) is 11.2 Å². The number of nitrogens with zero attached hydrogens (tertiary/aromatic N) is 4. The first kappa shape index (κ1) is 16.7. The molecule has 1 aliphatic rings. The van der Waals surface area contributed by atoms with Crippen molar-refractivity contribution in [1.29, 1.82) is 0 Å². The molecule has 1 aromatic carbocycles. The number of hydrogen-bond acceptors (Lipinski definition) is 5. The predicted molar refractivity (Wildman–Crippen MR) is 101 cm³/mol. The normalized spacial score (nSPS) is 16.8. The van der Waals surface area contributed by atoms with Gasteiger partial charge in [-0.25, -0.2) is 9.97 Å². The number of benzene rings is 1. The summed E-state index contributed by atoms with van der Waals surface area (Å²) in [5, 5.41) is 7.04. The minimum Gasteiger partial charge on any atom is -0.355 e. The Bertz CT molecular complexity index is 926. The number of fused-ring (bicyclic) bond motifs is 1. The summed E-state index contributed by atoms with van der Waals surface area (Å²) in [6.07, 6.45) is 5.27. The third-order valence-electron chi connectivity index (χ3n) is 5.66. The van der Waals surface area contributed by atoms with E-state index in [9.17, 15) is 4.79 Å². The average molecular weight is 349 g/mol. The number of aromatic amines is 1. The lowest BCUT2D eigenvalue weighted by atomic mass is 9.78.